The molecule has 1 N–H and O–H groups in total. The fourth-order valence-electron chi connectivity index (χ4n) is 5.21. The van der Waals surface area contributed by atoms with Gasteiger partial charge in [-0.25, -0.2) is 14.2 Å². The van der Waals surface area contributed by atoms with Crippen LogP contribution in [0.2, 0.25) is 0 Å². The minimum absolute atomic E-state index is 0.0612. The van der Waals surface area contributed by atoms with Gasteiger partial charge in [-0.2, -0.15) is 16.9 Å². The third-order valence-electron chi connectivity index (χ3n) is 7.22. The highest BCUT2D eigenvalue weighted by Gasteiger charge is 2.30. The predicted octanol–water partition coefficient (Wildman–Crippen LogP) is 2.72. The van der Waals surface area contributed by atoms with Crippen molar-refractivity contribution in [3.63, 3.8) is 0 Å². The summed E-state index contributed by atoms with van der Waals surface area (Å²) < 4.78 is 18.6. The minimum atomic E-state index is -0.596. The maximum atomic E-state index is 14.1. The van der Waals surface area contributed by atoms with Crippen molar-refractivity contribution in [1.82, 2.24) is 29.2 Å². The molecule has 9 nitrogen and oxygen atoms in total. The van der Waals surface area contributed by atoms with E-state index in [2.05, 4.69) is 15.4 Å². The van der Waals surface area contributed by atoms with Crippen LogP contribution in [-0.4, -0.2) is 47.4 Å². The molecule has 0 unspecified atom stereocenters. The highest BCUT2D eigenvalue weighted by Crippen LogP contribution is 2.30. The molecule has 1 saturated carbocycles. The van der Waals surface area contributed by atoms with Crippen LogP contribution >= 0.6 is 11.8 Å². The maximum absolute atomic E-state index is 14.1. The standard InChI is InChI=1S/C24H29FN6O3S/c1-14-11-20(28-29(14)2)22(32)27-16-3-5-17(6-4-16)31-23(33)19-12-15(25)13-26-21(19)30(24(31)34)18-7-9-35-10-8-18/h11-13,16-18H,3-10H2,1-2H3,(H,27,32). The van der Waals surface area contributed by atoms with Crippen LogP contribution in [0.15, 0.2) is 27.9 Å². The Bertz CT molecular complexity index is 1360. The van der Waals surface area contributed by atoms with Crippen molar-refractivity contribution in [2.24, 2.45) is 7.05 Å². The molecule has 0 radical (unpaired) electrons. The second-order valence-corrected chi connectivity index (χ2v) is 10.7. The summed E-state index contributed by atoms with van der Waals surface area (Å²) in [5.41, 5.74) is 0.681. The molecule has 2 aliphatic rings. The van der Waals surface area contributed by atoms with Gasteiger partial charge in [0.2, 0.25) is 0 Å². The van der Waals surface area contributed by atoms with Gasteiger partial charge in [-0.05, 0) is 69.1 Å². The monoisotopic (exact) mass is 500 g/mol. The fraction of sp³-hybridized carbons (Fsp3) is 0.542. The Labute approximate surface area is 205 Å². The smallest absolute Gasteiger partial charge is 0.333 e. The lowest BCUT2D eigenvalue weighted by Gasteiger charge is -2.31. The molecule has 0 atom stereocenters. The van der Waals surface area contributed by atoms with Crippen molar-refractivity contribution in [1.29, 1.82) is 0 Å². The SMILES string of the molecule is Cc1cc(C(=O)NC2CCC(n3c(=O)c4cc(F)cnc4n(C4CCSCC4)c3=O)CC2)nn1C. The van der Waals surface area contributed by atoms with E-state index >= 15 is 0 Å². The third-order valence-corrected chi connectivity index (χ3v) is 8.27. The molecule has 1 aliphatic carbocycles. The Balaban J connectivity index is 1.41. The molecule has 186 valence electrons. The molecular weight excluding hydrogens is 471 g/mol. The zero-order chi connectivity index (χ0) is 24.7. The lowest BCUT2D eigenvalue weighted by Crippen LogP contribution is -2.46. The van der Waals surface area contributed by atoms with Gasteiger partial charge in [-0.15, -0.1) is 0 Å². The molecule has 1 saturated heterocycles. The summed E-state index contributed by atoms with van der Waals surface area (Å²) in [7, 11) is 1.79. The number of aryl methyl sites for hydroxylation is 2. The summed E-state index contributed by atoms with van der Waals surface area (Å²) in [6.45, 7) is 1.89. The Hall–Kier alpha value is -2.95. The molecule has 0 aromatic carbocycles. The third kappa shape index (κ3) is 4.53. The number of fused-ring (bicyclic) bond motifs is 1. The summed E-state index contributed by atoms with van der Waals surface area (Å²) in [5, 5.41) is 7.40. The molecule has 11 heteroatoms. The quantitative estimate of drug-likeness (QED) is 0.591. The first kappa shape index (κ1) is 23.8. The van der Waals surface area contributed by atoms with Crippen molar-refractivity contribution in [3.05, 3.63) is 56.4 Å². The van der Waals surface area contributed by atoms with Crippen LogP contribution in [0.5, 0.6) is 0 Å². The number of nitrogens with zero attached hydrogens (tertiary/aromatic N) is 5. The fourth-order valence-corrected chi connectivity index (χ4v) is 6.29. The van der Waals surface area contributed by atoms with Crippen LogP contribution in [0.3, 0.4) is 0 Å². The second-order valence-electron chi connectivity index (χ2n) is 9.47. The van der Waals surface area contributed by atoms with Gasteiger partial charge in [-0.1, -0.05) is 0 Å². The topological polar surface area (TPSA) is 104 Å². The van der Waals surface area contributed by atoms with E-state index in [4.69, 9.17) is 0 Å². The summed E-state index contributed by atoms with van der Waals surface area (Å²) in [6, 6.07) is 2.50. The molecule has 0 bridgehead atoms. The van der Waals surface area contributed by atoms with Gasteiger partial charge in [0.05, 0.1) is 11.6 Å². The van der Waals surface area contributed by atoms with Crippen LogP contribution in [0, 0.1) is 12.7 Å². The molecule has 1 aliphatic heterocycles. The highest BCUT2D eigenvalue weighted by atomic mass is 32.2. The van der Waals surface area contributed by atoms with Gasteiger partial charge in [-0.3, -0.25) is 23.4 Å². The summed E-state index contributed by atoms with van der Waals surface area (Å²) in [4.78, 5) is 43.8. The van der Waals surface area contributed by atoms with E-state index in [1.165, 1.54) is 10.6 Å². The number of aromatic nitrogens is 5. The van der Waals surface area contributed by atoms with Crippen molar-refractivity contribution in [3.8, 4) is 0 Å². The number of amides is 1. The van der Waals surface area contributed by atoms with Gasteiger partial charge in [0.15, 0.2) is 0 Å². The van der Waals surface area contributed by atoms with E-state index in [9.17, 15) is 18.8 Å². The van der Waals surface area contributed by atoms with E-state index < -0.39 is 11.4 Å². The van der Waals surface area contributed by atoms with Crippen LogP contribution in [0.1, 0.15) is 66.8 Å². The van der Waals surface area contributed by atoms with Gasteiger partial charge in [0, 0.05) is 30.9 Å². The Morgan fingerprint density at radius 1 is 1.06 bits per heavy atom. The highest BCUT2D eigenvalue weighted by molar-refractivity contribution is 7.99. The predicted molar refractivity (Wildman–Crippen MR) is 133 cm³/mol. The molecule has 3 aromatic heterocycles. The van der Waals surface area contributed by atoms with Crippen LogP contribution < -0.4 is 16.6 Å². The number of rotatable bonds is 4. The largest absolute Gasteiger partial charge is 0.348 e. The van der Waals surface area contributed by atoms with Gasteiger partial charge < -0.3 is 5.32 Å². The minimum Gasteiger partial charge on any atom is -0.348 e. The van der Waals surface area contributed by atoms with E-state index in [1.807, 2.05) is 18.7 Å². The average molecular weight is 501 g/mol. The van der Waals surface area contributed by atoms with Gasteiger partial charge in [0.25, 0.3) is 11.5 Å². The summed E-state index contributed by atoms with van der Waals surface area (Å²) in [6.07, 6.45) is 5.08. The second kappa shape index (κ2) is 9.60. The lowest BCUT2D eigenvalue weighted by atomic mass is 9.90. The Kier molecular flexibility index (Phi) is 6.52. The van der Waals surface area contributed by atoms with Crippen LogP contribution in [0.4, 0.5) is 4.39 Å². The van der Waals surface area contributed by atoms with Crippen molar-refractivity contribution >= 4 is 28.7 Å². The molecule has 0 spiro atoms. The Morgan fingerprint density at radius 3 is 2.40 bits per heavy atom. The molecule has 35 heavy (non-hydrogen) atoms. The van der Waals surface area contributed by atoms with E-state index in [-0.39, 0.29) is 40.8 Å². The number of pyridine rings is 1. The number of carbonyl (C=O) groups is 1. The van der Waals surface area contributed by atoms with Crippen LogP contribution in [0.25, 0.3) is 11.0 Å². The molecular formula is C24H29FN6O3S. The summed E-state index contributed by atoms with van der Waals surface area (Å²) >= 11 is 1.84. The first-order chi connectivity index (χ1) is 16.8. The van der Waals surface area contributed by atoms with Crippen LogP contribution in [-0.2, 0) is 7.05 Å². The first-order valence-electron chi connectivity index (χ1n) is 12.0. The Morgan fingerprint density at radius 2 is 1.74 bits per heavy atom. The molecule has 5 rings (SSSR count). The molecule has 4 heterocycles. The number of nitrogens with one attached hydrogen (secondary N) is 1. The van der Waals surface area contributed by atoms with Gasteiger partial charge in [0.1, 0.15) is 17.2 Å². The number of thioether (sulfide) groups is 1. The van der Waals surface area contributed by atoms with Crippen molar-refractivity contribution < 1.29 is 9.18 Å². The number of carbonyl (C=O) groups excluding carboxylic acids is 1. The number of hydrogen-bond acceptors (Lipinski definition) is 6. The molecule has 2 fully saturated rings. The number of hydrogen-bond donors (Lipinski definition) is 1. The van der Waals surface area contributed by atoms with Gasteiger partial charge >= 0.3 is 5.69 Å². The lowest BCUT2D eigenvalue weighted by molar-refractivity contribution is 0.0916. The van der Waals surface area contributed by atoms with E-state index in [1.54, 1.807) is 22.4 Å². The molecule has 3 aromatic rings. The zero-order valence-corrected chi connectivity index (χ0v) is 20.7. The molecule has 1 amide bonds. The van der Waals surface area contributed by atoms with Crippen molar-refractivity contribution in [2.75, 3.05) is 11.5 Å². The van der Waals surface area contributed by atoms with E-state index in [0.717, 1.165) is 36.2 Å². The van der Waals surface area contributed by atoms with E-state index in [0.29, 0.717) is 31.4 Å². The normalized spacial score (nSPS) is 21.3. The first-order valence-corrected chi connectivity index (χ1v) is 13.2. The maximum Gasteiger partial charge on any atom is 0.333 e. The number of halogens is 1. The van der Waals surface area contributed by atoms with Crippen molar-refractivity contribution in [2.45, 2.75) is 63.6 Å². The zero-order valence-electron chi connectivity index (χ0n) is 19.9. The average Bonchev–Trinajstić information content (AvgIpc) is 3.19. The summed E-state index contributed by atoms with van der Waals surface area (Å²) in [5.74, 6) is 1.04.